The van der Waals surface area contributed by atoms with E-state index in [4.69, 9.17) is 5.11 Å². The van der Waals surface area contributed by atoms with Crippen LogP contribution >= 0.6 is 0 Å². The van der Waals surface area contributed by atoms with E-state index in [9.17, 15) is 22.4 Å². The highest BCUT2D eigenvalue weighted by atomic mass is 19.4. The number of hydrogen-bond donors (Lipinski definition) is 1. The summed E-state index contributed by atoms with van der Waals surface area (Å²) < 4.78 is 50.3. The van der Waals surface area contributed by atoms with Gasteiger partial charge in [0, 0.05) is 5.56 Å². The Hall–Kier alpha value is -1.85. The van der Waals surface area contributed by atoms with E-state index in [-0.39, 0.29) is 12.0 Å². The molecular formula is C11H8F4O2. The van der Waals surface area contributed by atoms with Crippen LogP contribution < -0.4 is 0 Å². The predicted molar refractivity (Wildman–Crippen MR) is 52.7 cm³/mol. The van der Waals surface area contributed by atoms with E-state index in [2.05, 4.69) is 0 Å². The van der Waals surface area contributed by atoms with Gasteiger partial charge in [-0.05, 0) is 6.07 Å². The molecule has 0 saturated carbocycles. The molecular weight excluding hydrogens is 240 g/mol. The fourth-order valence-electron chi connectivity index (χ4n) is 1.18. The summed E-state index contributed by atoms with van der Waals surface area (Å²) in [6.07, 6.45) is -3.05. The van der Waals surface area contributed by atoms with E-state index in [0.717, 1.165) is 24.3 Å². The van der Waals surface area contributed by atoms with Crippen LogP contribution in [-0.2, 0) is 11.0 Å². The average Bonchev–Trinajstić information content (AvgIpc) is 2.18. The van der Waals surface area contributed by atoms with Crippen molar-refractivity contribution >= 4 is 12.0 Å². The lowest BCUT2D eigenvalue weighted by molar-refractivity contribution is -0.140. The van der Waals surface area contributed by atoms with Gasteiger partial charge < -0.3 is 5.11 Å². The molecule has 0 aliphatic carbocycles. The Labute approximate surface area is 94.2 Å². The molecule has 0 heterocycles. The highest BCUT2D eigenvalue weighted by molar-refractivity contribution is 5.70. The van der Waals surface area contributed by atoms with Crippen molar-refractivity contribution in [1.29, 1.82) is 0 Å². The van der Waals surface area contributed by atoms with Gasteiger partial charge in [-0.1, -0.05) is 24.3 Å². The minimum Gasteiger partial charge on any atom is -0.481 e. The highest BCUT2D eigenvalue weighted by Crippen LogP contribution is 2.32. The van der Waals surface area contributed by atoms with Gasteiger partial charge in [0.25, 0.3) is 0 Å². The lowest BCUT2D eigenvalue weighted by Gasteiger charge is -2.08. The number of aliphatic carboxylic acids is 1. The number of carboxylic acids is 1. The van der Waals surface area contributed by atoms with E-state index < -0.39 is 23.5 Å². The van der Waals surface area contributed by atoms with Gasteiger partial charge >= 0.3 is 12.1 Å². The van der Waals surface area contributed by atoms with Gasteiger partial charge in [-0.25, -0.2) is 4.39 Å². The minimum atomic E-state index is -4.76. The summed E-state index contributed by atoms with van der Waals surface area (Å²) in [5.41, 5.74) is -1.66. The fraction of sp³-hybridized carbons (Fsp3) is 0.182. The van der Waals surface area contributed by atoms with Crippen molar-refractivity contribution in [3.05, 3.63) is 41.2 Å². The maximum Gasteiger partial charge on any atom is 0.419 e. The second-order valence-corrected chi connectivity index (χ2v) is 3.21. The van der Waals surface area contributed by atoms with Crippen LogP contribution in [0.1, 0.15) is 17.5 Å². The summed E-state index contributed by atoms with van der Waals surface area (Å²) in [6, 6.07) is 2.83. The van der Waals surface area contributed by atoms with Crippen LogP contribution in [0.4, 0.5) is 17.6 Å². The summed E-state index contributed by atoms with van der Waals surface area (Å²) >= 11 is 0. The number of alkyl halides is 3. The minimum absolute atomic E-state index is 0.291. The smallest absolute Gasteiger partial charge is 0.419 e. The zero-order valence-electron chi connectivity index (χ0n) is 8.46. The summed E-state index contributed by atoms with van der Waals surface area (Å²) in [5.74, 6) is -2.55. The third-order valence-electron chi connectivity index (χ3n) is 1.92. The molecule has 0 unspecified atom stereocenters. The van der Waals surface area contributed by atoms with Crippen molar-refractivity contribution in [2.75, 3.05) is 0 Å². The van der Waals surface area contributed by atoms with Gasteiger partial charge in [0.2, 0.25) is 0 Å². The van der Waals surface area contributed by atoms with Crippen LogP contribution in [0.5, 0.6) is 0 Å². The molecule has 0 aliphatic heterocycles. The Bertz CT molecular complexity index is 449. The molecule has 0 aliphatic rings. The second-order valence-electron chi connectivity index (χ2n) is 3.21. The Kier molecular flexibility index (Phi) is 3.88. The van der Waals surface area contributed by atoms with Gasteiger partial charge in [-0.2, -0.15) is 13.2 Å². The molecule has 1 rings (SSSR count). The molecule has 0 spiro atoms. The SMILES string of the molecule is O=C(O)CC=Cc1cccc(C(F)(F)F)c1F. The Balaban J connectivity index is 3.03. The largest absolute Gasteiger partial charge is 0.481 e. The van der Waals surface area contributed by atoms with Crippen molar-refractivity contribution in [3.8, 4) is 0 Å². The maximum atomic E-state index is 13.4. The van der Waals surface area contributed by atoms with E-state index in [1.54, 1.807) is 0 Å². The molecule has 0 radical (unpaired) electrons. The molecule has 1 N–H and O–H groups in total. The summed E-state index contributed by atoms with van der Waals surface area (Å²) in [6.45, 7) is 0. The van der Waals surface area contributed by atoms with Crippen molar-refractivity contribution in [1.82, 2.24) is 0 Å². The van der Waals surface area contributed by atoms with Crippen molar-refractivity contribution < 1.29 is 27.5 Å². The topological polar surface area (TPSA) is 37.3 Å². The molecule has 0 amide bonds. The normalized spacial score (nSPS) is 12.0. The number of halogens is 4. The van der Waals surface area contributed by atoms with E-state index in [1.807, 2.05) is 0 Å². The van der Waals surface area contributed by atoms with Crippen LogP contribution in [0, 0.1) is 5.82 Å². The van der Waals surface area contributed by atoms with Gasteiger partial charge in [-0.15, -0.1) is 0 Å². The van der Waals surface area contributed by atoms with Crippen LogP contribution in [0.3, 0.4) is 0 Å². The van der Waals surface area contributed by atoms with E-state index in [0.29, 0.717) is 6.07 Å². The lowest BCUT2D eigenvalue weighted by Crippen LogP contribution is -2.08. The number of benzene rings is 1. The van der Waals surface area contributed by atoms with Gasteiger partial charge in [0.1, 0.15) is 5.82 Å². The third-order valence-corrected chi connectivity index (χ3v) is 1.92. The molecule has 2 nitrogen and oxygen atoms in total. The molecule has 6 heteroatoms. The predicted octanol–water partition coefficient (Wildman–Crippen LogP) is 3.33. The number of carbonyl (C=O) groups is 1. The van der Waals surface area contributed by atoms with Gasteiger partial charge in [0.05, 0.1) is 12.0 Å². The Morgan fingerprint density at radius 2 is 2.00 bits per heavy atom. The van der Waals surface area contributed by atoms with Gasteiger partial charge in [0.15, 0.2) is 0 Å². The molecule has 0 aromatic heterocycles. The monoisotopic (exact) mass is 248 g/mol. The molecule has 0 bridgehead atoms. The maximum absolute atomic E-state index is 13.4. The third kappa shape index (κ3) is 3.58. The van der Waals surface area contributed by atoms with Crippen LogP contribution in [0.2, 0.25) is 0 Å². The van der Waals surface area contributed by atoms with Crippen molar-refractivity contribution in [2.24, 2.45) is 0 Å². The first-order valence-electron chi connectivity index (χ1n) is 4.56. The highest BCUT2D eigenvalue weighted by Gasteiger charge is 2.34. The van der Waals surface area contributed by atoms with E-state index in [1.165, 1.54) is 0 Å². The molecule has 17 heavy (non-hydrogen) atoms. The van der Waals surface area contributed by atoms with Crippen molar-refractivity contribution in [2.45, 2.75) is 12.6 Å². The summed E-state index contributed by atoms with van der Waals surface area (Å²) in [4.78, 5) is 10.2. The molecule has 0 saturated heterocycles. The quantitative estimate of drug-likeness (QED) is 0.833. The second kappa shape index (κ2) is 4.99. The van der Waals surface area contributed by atoms with Crippen molar-refractivity contribution in [3.63, 3.8) is 0 Å². The zero-order chi connectivity index (χ0) is 13.1. The summed E-state index contributed by atoms with van der Waals surface area (Å²) in [7, 11) is 0. The van der Waals surface area contributed by atoms with E-state index >= 15 is 0 Å². The Morgan fingerprint density at radius 3 is 2.53 bits per heavy atom. The number of carboxylic acid groups (broad SMARTS) is 1. The summed E-state index contributed by atoms with van der Waals surface area (Å²) in [5, 5.41) is 8.32. The zero-order valence-corrected chi connectivity index (χ0v) is 8.46. The van der Waals surface area contributed by atoms with Crippen LogP contribution in [0.25, 0.3) is 6.08 Å². The standard InChI is InChI=1S/C11H8F4O2/c12-10-7(4-2-6-9(16)17)3-1-5-8(10)11(13,14)15/h1-5H,6H2,(H,16,17). The van der Waals surface area contributed by atoms with Crippen LogP contribution in [-0.4, -0.2) is 11.1 Å². The number of rotatable bonds is 3. The number of hydrogen-bond acceptors (Lipinski definition) is 1. The van der Waals surface area contributed by atoms with Crippen LogP contribution in [0.15, 0.2) is 24.3 Å². The Morgan fingerprint density at radius 1 is 1.35 bits per heavy atom. The first-order chi connectivity index (χ1) is 7.82. The molecule has 0 atom stereocenters. The molecule has 0 fully saturated rings. The van der Waals surface area contributed by atoms with Gasteiger partial charge in [-0.3, -0.25) is 4.79 Å². The average molecular weight is 248 g/mol. The molecule has 1 aromatic carbocycles. The fourth-order valence-corrected chi connectivity index (χ4v) is 1.18. The molecule has 92 valence electrons. The lowest BCUT2D eigenvalue weighted by atomic mass is 10.1. The first kappa shape index (κ1) is 13.2. The first-order valence-corrected chi connectivity index (χ1v) is 4.56. The molecule has 1 aromatic rings.